The number of aryl methyl sites for hydroxylation is 1. The van der Waals surface area contributed by atoms with Gasteiger partial charge in [0.05, 0.1) is 6.42 Å². The number of benzene rings is 1. The zero-order valence-electron chi connectivity index (χ0n) is 11.5. The van der Waals surface area contributed by atoms with Gasteiger partial charge < -0.3 is 15.3 Å². The topological polar surface area (TPSA) is 69.6 Å². The van der Waals surface area contributed by atoms with Crippen molar-refractivity contribution in [2.75, 3.05) is 18.5 Å². The number of carbonyl (C=O) groups excluding carboxylic acids is 1. The van der Waals surface area contributed by atoms with E-state index in [-0.39, 0.29) is 12.3 Å². The summed E-state index contributed by atoms with van der Waals surface area (Å²) in [5, 5.41) is 11.4. The summed E-state index contributed by atoms with van der Waals surface area (Å²) in [7, 11) is 1.57. The van der Waals surface area contributed by atoms with Crippen molar-refractivity contribution >= 4 is 17.6 Å². The predicted molar refractivity (Wildman–Crippen MR) is 74.3 cm³/mol. The van der Waals surface area contributed by atoms with E-state index < -0.39 is 12.0 Å². The Kier molecular flexibility index (Phi) is 5.36. The van der Waals surface area contributed by atoms with E-state index in [1.54, 1.807) is 18.9 Å². The van der Waals surface area contributed by atoms with Crippen LogP contribution in [0, 0.1) is 6.92 Å². The number of carbonyl (C=O) groups is 2. The summed E-state index contributed by atoms with van der Waals surface area (Å²) in [6.45, 7) is 4.04. The van der Waals surface area contributed by atoms with Gasteiger partial charge in [0.25, 0.3) is 0 Å². The van der Waals surface area contributed by atoms with Crippen molar-refractivity contribution in [3.8, 4) is 0 Å². The van der Waals surface area contributed by atoms with Crippen molar-refractivity contribution in [2.45, 2.75) is 26.3 Å². The minimum Gasteiger partial charge on any atom is -0.481 e. The number of hydrogen-bond acceptors (Lipinski definition) is 3. The highest BCUT2D eigenvalue weighted by atomic mass is 16.4. The molecule has 0 saturated heterocycles. The van der Waals surface area contributed by atoms with Crippen LogP contribution in [0.4, 0.5) is 5.69 Å². The lowest BCUT2D eigenvalue weighted by molar-refractivity contribution is -0.137. The van der Waals surface area contributed by atoms with Crippen molar-refractivity contribution in [1.29, 1.82) is 0 Å². The molecule has 0 saturated carbocycles. The van der Waals surface area contributed by atoms with Crippen LogP contribution in [0.25, 0.3) is 0 Å². The van der Waals surface area contributed by atoms with Crippen LogP contribution in [0.1, 0.15) is 18.9 Å². The van der Waals surface area contributed by atoms with Crippen molar-refractivity contribution in [3.05, 3.63) is 29.8 Å². The fourth-order valence-corrected chi connectivity index (χ4v) is 1.85. The summed E-state index contributed by atoms with van der Waals surface area (Å²) < 4.78 is 0. The molecule has 0 aliphatic heterocycles. The summed E-state index contributed by atoms with van der Waals surface area (Å²) in [4.78, 5) is 24.3. The molecule has 2 N–H and O–H groups in total. The number of rotatable bonds is 6. The van der Waals surface area contributed by atoms with Gasteiger partial charge >= 0.3 is 5.97 Å². The predicted octanol–water partition coefficient (Wildman–Crippen LogP) is 1.41. The maximum atomic E-state index is 11.7. The third kappa shape index (κ3) is 4.28. The molecule has 1 atom stereocenters. The van der Waals surface area contributed by atoms with E-state index in [0.717, 1.165) is 11.3 Å². The highest BCUT2D eigenvalue weighted by Crippen LogP contribution is 2.18. The second kappa shape index (κ2) is 6.78. The first kappa shape index (κ1) is 15.0. The summed E-state index contributed by atoms with van der Waals surface area (Å²) in [5.41, 5.74) is 1.97. The van der Waals surface area contributed by atoms with E-state index in [0.29, 0.717) is 6.54 Å². The second-order valence-corrected chi connectivity index (χ2v) is 4.46. The Balaban J connectivity index is 2.93. The molecule has 0 bridgehead atoms. The molecular weight excluding hydrogens is 244 g/mol. The molecule has 1 unspecified atom stereocenters. The van der Waals surface area contributed by atoms with Crippen LogP contribution in [-0.4, -0.2) is 36.6 Å². The molecule has 1 rings (SSSR count). The Labute approximate surface area is 113 Å². The second-order valence-electron chi connectivity index (χ2n) is 4.46. The fourth-order valence-electron chi connectivity index (χ4n) is 1.85. The van der Waals surface area contributed by atoms with Crippen molar-refractivity contribution < 1.29 is 14.7 Å². The van der Waals surface area contributed by atoms with Crippen molar-refractivity contribution in [3.63, 3.8) is 0 Å². The van der Waals surface area contributed by atoms with E-state index in [1.807, 2.05) is 31.2 Å². The quantitative estimate of drug-likeness (QED) is 0.815. The smallest absolute Gasteiger partial charge is 0.305 e. The Morgan fingerprint density at radius 2 is 1.89 bits per heavy atom. The van der Waals surface area contributed by atoms with Gasteiger partial charge in [-0.3, -0.25) is 9.59 Å². The van der Waals surface area contributed by atoms with Crippen molar-refractivity contribution in [2.24, 2.45) is 0 Å². The lowest BCUT2D eigenvalue weighted by Crippen LogP contribution is -2.45. The van der Waals surface area contributed by atoms with Gasteiger partial charge in [0.1, 0.15) is 6.04 Å². The molecule has 0 aliphatic rings. The number of nitrogens with one attached hydrogen (secondary N) is 1. The van der Waals surface area contributed by atoms with E-state index >= 15 is 0 Å². The number of hydrogen-bond donors (Lipinski definition) is 2. The molecule has 0 heterocycles. The van der Waals surface area contributed by atoms with E-state index in [4.69, 9.17) is 5.11 Å². The standard InChI is InChI=1S/C14H20N2O3/c1-10-4-6-12(7-5-10)16(9-8-13(17)18)11(2)14(19)15-3/h4-7,11H,8-9H2,1-3H3,(H,15,19)(H,17,18). The van der Waals surface area contributed by atoms with Crippen molar-refractivity contribution in [1.82, 2.24) is 5.32 Å². The number of carboxylic acid groups (broad SMARTS) is 1. The summed E-state index contributed by atoms with van der Waals surface area (Å²) in [5.74, 6) is -1.01. The summed E-state index contributed by atoms with van der Waals surface area (Å²) >= 11 is 0. The van der Waals surface area contributed by atoms with Gasteiger partial charge in [0.2, 0.25) is 5.91 Å². The molecule has 0 aliphatic carbocycles. The number of amides is 1. The van der Waals surface area contributed by atoms with E-state index in [9.17, 15) is 9.59 Å². The number of nitrogens with zero attached hydrogens (tertiary/aromatic N) is 1. The van der Waals surface area contributed by atoms with Crippen LogP contribution in [0.3, 0.4) is 0 Å². The Hall–Kier alpha value is -2.04. The first-order valence-electron chi connectivity index (χ1n) is 6.22. The average Bonchev–Trinajstić information content (AvgIpc) is 2.39. The van der Waals surface area contributed by atoms with Gasteiger partial charge in [0, 0.05) is 19.3 Å². The van der Waals surface area contributed by atoms with Gasteiger partial charge in [0.15, 0.2) is 0 Å². The van der Waals surface area contributed by atoms with Crippen LogP contribution in [0.2, 0.25) is 0 Å². The maximum absolute atomic E-state index is 11.7. The zero-order valence-corrected chi connectivity index (χ0v) is 11.5. The number of carboxylic acids is 1. The minimum absolute atomic E-state index is 0.00475. The third-order valence-corrected chi connectivity index (χ3v) is 3.03. The first-order chi connectivity index (χ1) is 8.95. The zero-order chi connectivity index (χ0) is 14.4. The van der Waals surface area contributed by atoms with Crippen LogP contribution >= 0.6 is 0 Å². The summed E-state index contributed by atoms with van der Waals surface area (Å²) in [6, 6.07) is 7.28. The number of anilines is 1. The lowest BCUT2D eigenvalue weighted by Gasteiger charge is -2.29. The van der Waals surface area contributed by atoms with Gasteiger partial charge in [-0.25, -0.2) is 0 Å². The molecule has 0 spiro atoms. The van der Waals surface area contributed by atoms with E-state index in [2.05, 4.69) is 5.32 Å². The molecular formula is C14H20N2O3. The van der Waals surface area contributed by atoms with Gasteiger partial charge in [-0.15, -0.1) is 0 Å². The molecule has 1 aromatic carbocycles. The molecule has 19 heavy (non-hydrogen) atoms. The maximum Gasteiger partial charge on any atom is 0.305 e. The van der Waals surface area contributed by atoms with Gasteiger partial charge in [-0.1, -0.05) is 17.7 Å². The number of likely N-dealkylation sites (N-methyl/N-ethyl adjacent to an activating group) is 1. The van der Waals surface area contributed by atoms with E-state index in [1.165, 1.54) is 0 Å². The van der Waals surface area contributed by atoms with Gasteiger partial charge in [-0.05, 0) is 26.0 Å². The van der Waals surface area contributed by atoms with Crippen LogP contribution in [0.5, 0.6) is 0 Å². The molecule has 1 aromatic rings. The highest BCUT2D eigenvalue weighted by Gasteiger charge is 2.21. The normalized spacial score (nSPS) is 11.7. The Bertz CT molecular complexity index is 443. The SMILES string of the molecule is CNC(=O)C(C)N(CCC(=O)O)c1ccc(C)cc1. The minimum atomic E-state index is -0.874. The average molecular weight is 264 g/mol. The molecule has 0 fully saturated rings. The largest absolute Gasteiger partial charge is 0.481 e. The molecule has 1 amide bonds. The number of aliphatic carboxylic acids is 1. The highest BCUT2D eigenvalue weighted by molar-refractivity contribution is 5.84. The third-order valence-electron chi connectivity index (χ3n) is 3.03. The summed E-state index contributed by atoms with van der Waals surface area (Å²) in [6.07, 6.45) is -0.00475. The Morgan fingerprint density at radius 1 is 1.32 bits per heavy atom. The lowest BCUT2D eigenvalue weighted by atomic mass is 10.1. The molecule has 5 nitrogen and oxygen atoms in total. The van der Waals surface area contributed by atoms with Crippen LogP contribution in [-0.2, 0) is 9.59 Å². The Morgan fingerprint density at radius 3 is 2.37 bits per heavy atom. The molecule has 104 valence electrons. The molecule has 0 radical (unpaired) electrons. The van der Waals surface area contributed by atoms with Crippen LogP contribution in [0.15, 0.2) is 24.3 Å². The fraction of sp³-hybridized carbons (Fsp3) is 0.429. The monoisotopic (exact) mass is 264 g/mol. The van der Waals surface area contributed by atoms with Crippen LogP contribution < -0.4 is 10.2 Å². The molecule has 0 aromatic heterocycles. The van der Waals surface area contributed by atoms with Gasteiger partial charge in [-0.2, -0.15) is 0 Å². The first-order valence-corrected chi connectivity index (χ1v) is 6.22. The molecule has 5 heteroatoms.